The molecule has 0 radical (unpaired) electrons. The highest BCUT2D eigenvalue weighted by Gasteiger charge is 2.32. The van der Waals surface area contributed by atoms with Crippen LogP contribution in [0.15, 0.2) is 29.4 Å². The van der Waals surface area contributed by atoms with Gasteiger partial charge in [-0.25, -0.2) is 0 Å². The molecule has 1 aliphatic rings. The SMILES string of the molecule is CC1CCCC1C(=O)N(C)c1ccccc1/C(N)=N/O. The van der Waals surface area contributed by atoms with Crippen LogP contribution in [0, 0.1) is 11.8 Å². The lowest BCUT2D eigenvalue weighted by Crippen LogP contribution is -2.35. The van der Waals surface area contributed by atoms with Crippen LogP contribution in [0.2, 0.25) is 0 Å². The van der Waals surface area contributed by atoms with Gasteiger partial charge in [0, 0.05) is 18.5 Å². The summed E-state index contributed by atoms with van der Waals surface area (Å²) < 4.78 is 0. The summed E-state index contributed by atoms with van der Waals surface area (Å²) in [5.41, 5.74) is 6.92. The fourth-order valence-corrected chi connectivity index (χ4v) is 2.92. The third kappa shape index (κ3) is 2.61. The summed E-state index contributed by atoms with van der Waals surface area (Å²) in [6.07, 6.45) is 3.15. The molecule has 0 saturated heterocycles. The van der Waals surface area contributed by atoms with Gasteiger partial charge in [0.1, 0.15) is 0 Å². The zero-order valence-corrected chi connectivity index (χ0v) is 11.9. The summed E-state index contributed by atoms with van der Waals surface area (Å²) in [4.78, 5) is 14.2. The van der Waals surface area contributed by atoms with Crippen molar-refractivity contribution in [2.75, 3.05) is 11.9 Å². The molecule has 1 fully saturated rings. The maximum Gasteiger partial charge on any atom is 0.230 e. The van der Waals surface area contributed by atoms with Crippen LogP contribution in [0.4, 0.5) is 5.69 Å². The van der Waals surface area contributed by atoms with Crippen LogP contribution in [-0.2, 0) is 4.79 Å². The number of oxime groups is 1. The number of anilines is 1. The van der Waals surface area contributed by atoms with Crippen LogP contribution < -0.4 is 10.6 Å². The molecule has 2 atom stereocenters. The molecule has 1 aromatic rings. The van der Waals surface area contributed by atoms with Gasteiger partial charge in [0.15, 0.2) is 5.84 Å². The molecule has 0 spiro atoms. The first-order valence-electron chi connectivity index (χ1n) is 6.90. The van der Waals surface area contributed by atoms with Gasteiger partial charge >= 0.3 is 0 Å². The Balaban J connectivity index is 2.29. The fraction of sp³-hybridized carbons (Fsp3) is 0.467. The van der Waals surface area contributed by atoms with Gasteiger partial charge in [-0.1, -0.05) is 30.6 Å². The van der Waals surface area contributed by atoms with E-state index in [-0.39, 0.29) is 17.7 Å². The second kappa shape index (κ2) is 5.94. The van der Waals surface area contributed by atoms with E-state index in [1.165, 1.54) is 0 Å². The van der Waals surface area contributed by atoms with Gasteiger partial charge in [-0.15, -0.1) is 0 Å². The Morgan fingerprint density at radius 3 is 2.70 bits per heavy atom. The lowest BCUT2D eigenvalue weighted by Gasteiger charge is -2.25. The maximum absolute atomic E-state index is 12.6. The quantitative estimate of drug-likeness (QED) is 0.384. The summed E-state index contributed by atoms with van der Waals surface area (Å²) in [5.74, 6) is 0.606. The monoisotopic (exact) mass is 275 g/mol. The summed E-state index contributed by atoms with van der Waals surface area (Å²) in [6, 6.07) is 7.19. The predicted molar refractivity (Wildman–Crippen MR) is 78.9 cm³/mol. The Hall–Kier alpha value is -2.04. The minimum Gasteiger partial charge on any atom is -0.409 e. The zero-order chi connectivity index (χ0) is 14.7. The van der Waals surface area contributed by atoms with E-state index >= 15 is 0 Å². The van der Waals surface area contributed by atoms with E-state index in [0.29, 0.717) is 17.2 Å². The number of carbonyl (C=O) groups is 1. The first-order chi connectivity index (χ1) is 9.56. The molecule has 0 aromatic heterocycles. The summed E-state index contributed by atoms with van der Waals surface area (Å²) >= 11 is 0. The topological polar surface area (TPSA) is 78.9 Å². The second-order valence-electron chi connectivity index (χ2n) is 5.41. The number of amidine groups is 1. The van der Waals surface area contributed by atoms with Crippen molar-refractivity contribution in [3.63, 3.8) is 0 Å². The lowest BCUT2D eigenvalue weighted by molar-refractivity contribution is -0.122. The van der Waals surface area contributed by atoms with Gasteiger partial charge in [-0.05, 0) is 30.9 Å². The number of hydrogen-bond acceptors (Lipinski definition) is 3. The molecule has 20 heavy (non-hydrogen) atoms. The molecule has 0 aliphatic heterocycles. The molecule has 3 N–H and O–H groups in total. The molecule has 1 aromatic carbocycles. The molecular formula is C15H21N3O2. The van der Waals surface area contributed by atoms with Crippen LogP contribution in [-0.4, -0.2) is 24.0 Å². The third-order valence-electron chi connectivity index (χ3n) is 4.16. The van der Waals surface area contributed by atoms with Gasteiger partial charge < -0.3 is 15.8 Å². The number of benzene rings is 1. The van der Waals surface area contributed by atoms with Crippen molar-refractivity contribution >= 4 is 17.4 Å². The Labute approximate surface area is 119 Å². The first-order valence-corrected chi connectivity index (χ1v) is 6.90. The van der Waals surface area contributed by atoms with Crippen molar-refractivity contribution in [1.29, 1.82) is 0 Å². The largest absolute Gasteiger partial charge is 0.409 e. The van der Waals surface area contributed by atoms with Gasteiger partial charge in [0.2, 0.25) is 5.91 Å². The van der Waals surface area contributed by atoms with Crippen molar-refractivity contribution in [1.82, 2.24) is 0 Å². The minimum atomic E-state index is 0.0136. The second-order valence-corrected chi connectivity index (χ2v) is 5.41. The van der Waals surface area contributed by atoms with E-state index in [9.17, 15) is 4.79 Å². The summed E-state index contributed by atoms with van der Waals surface area (Å²) in [5, 5.41) is 11.9. The van der Waals surface area contributed by atoms with Crippen LogP contribution in [0.25, 0.3) is 0 Å². The van der Waals surface area contributed by atoms with Crippen LogP contribution in [0.3, 0.4) is 0 Å². The van der Waals surface area contributed by atoms with Crippen LogP contribution in [0.5, 0.6) is 0 Å². The minimum absolute atomic E-state index is 0.0136. The molecule has 5 heteroatoms. The van der Waals surface area contributed by atoms with Gasteiger partial charge in [-0.3, -0.25) is 4.79 Å². The Morgan fingerprint density at radius 1 is 1.40 bits per heavy atom. The van der Waals surface area contributed by atoms with Crippen molar-refractivity contribution in [2.45, 2.75) is 26.2 Å². The van der Waals surface area contributed by atoms with Crippen LogP contribution in [0.1, 0.15) is 31.7 Å². The average Bonchev–Trinajstić information content (AvgIpc) is 2.91. The highest BCUT2D eigenvalue weighted by Crippen LogP contribution is 2.33. The van der Waals surface area contributed by atoms with Gasteiger partial charge in [0.25, 0.3) is 0 Å². The normalized spacial score (nSPS) is 22.8. The van der Waals surface area contributed by atoms with Crippen molar-refractivity contribution in [3.05, 3.63) is 29.8 Å². The Morgan fingerprint density at radius 2 is 2.10 bits per heavy atom. The highest BCUT2D eigenvalue weighted by molar-refractivity contribution is 6.06. The fourth-order valence-electron chi connectivity index (χ4n) is 2.92. The maximum atomic E-state index is 12.6. The van der Waals surface area contributed by atoms with E-state index < -0.39 is 0 Å². The first kappa shape index (κ1) is 14.4. The number of para-hydroxylation sites is 1. The van der Waals surface area contributed by atoms with E-state index in [2.05, 4.69) is 12.1 Å². The third-order valence-corrected chi connectivity index (χ3v) is 4.16. The molecule has 108 valence electrons. The molecule has 0 bridgehead atoms. The van der Waals surface area contributed by atoms with E-state index in [0.717, 1.165) is 19.3 Å². The number of rotatable bonds is 3. The molecule has 2 rings (SSSR count). The molecule has 1 saturated carbocycles. The van der Waals surface area contributed by atoms with E-state index in [1.807, 2.05) is 12.1 Å². The van der Waals surface area contributed by atoms with Crippen molar-refractivity contribution in [2.24, 2.45) is 22.7 Å². The standard InChI is InChI=1S/C15H21N3O2/c1-10-6-5-8-11(10)15(19)18(2)13-9-4-3-7-12(13)14(16)17-20/h3-4,7,9-11,20H,5-6,8H2,1-2H3,(H2,16,17). The van der Waals surface area contributed by atoms with Crippen molar-refractivity contribution in [3.8, 4) is 0 Å². The number of nitrogens with zero attached hydrogens (tertiary/aromatic N) is 2. The Bertz CT molecular complexity index is 528. The highest BCUT2D eigenvalue weighted by atomic mass is 16.4. The summed E-state index contributed by atoms with van der Waals surface area (Å²) in [6.45, 7) is 2.12. The molecular weight excluding hydrogens is 254 g/mol. The number of hydrogen-bond donors (Lipinski definition) is 2. The lowest BCUT2D eigenvalue weighted by atomic mass is 9.96. The molecule has 0 heterocycles. The summed E-state index contributed by atoms with van der Waals surface area (Å²) in [7, 11) is 1.75. The number of carbonyl (C=O) groups excluding carboxylic acids is 1. The van der Waals surface area contributed by atoms with Gasteiger partial charge in [0.05, 0.1) is 5.69 Å². The Kier molecular flexibility index (Phi) is 4.27. The number of amides is 1. The predicted octanol–water partition coefficient (Wildman–Crippen LogP) is 2.18. The zero-order valence-electron chi connectivity index (χ0n) is 11.9. The van der Waals surface area contributed by atoms with Crippen LogP contribution >= 0.6 is 0 Å². The smallest absolute Gasteiger partial charge is 0.230 e. The average molecular weight is 275 g/mol. The van der Waals surface area contributed by atoms with E-state index in [4.69, 9.17) is 10.9 Å². The van der Waals surface area contributed by atoms with Crippen molar-refractivity contribution < 1.29 is 10.0 Å². The molecule has 1 amide bonds. The van der Waals surface area contributed by atoms with Gasteiger partial charge in [-0.2, -0.15) is 0 Å². The number of nitrogens with two attached hydrogens (primary N) is 1. The van der Waals surface area contributed by atoms with E-state index in [1.54, 1.807) is 24.1 Å². The molecule has 5 nitrogen and oxygen atoms in total. The molecule has 1 aliphatic carbocycles. The molecule has 2 unspecified atom stereocenters.